The number of nitrogens with one attached hydrogen (secondary N) is 2. The predicted molar refractivity (Wildman–Crippen MR) is 69.9 cm³/mol. The lowest BCUT2D eigenvalue weighted by Crippen LogP contribution is -2.30. The topological polar surface area (TPSA) is 41.1 Å². The molecule has 1 fully saturated rings. The Kier molecular flexibility index (Phi) is 7.00. The highest BCUT2D eigenvalue weighted by molar-refractivity contribution is 5.85. The standard InChI is InChI=1S/C12H24N2O.ClH/c1-12(2,3)6-4-11(15)14-9-10-5-7-13-8-10;/h10,13H,4-9H2,1-3H3,(H,14,15);1H. The zero-order valence-electron chi connectivity index (χ0n) is 10.6. The number of hydrogen-bond donors (Lipinski definition) is 2. The van der Waals surface area contributed by atoms with Gasteiger partial charge in [-0.25, -0.2) is 0 Å². The summed E-state index contributed by atoms with van der Waals surface area (Å²) in [6.45, 7) is 9.50. The van der Waals surface area contributed by atoms with Gasteiger partial charge in [-0.15, -0.1) is 12.4 Å². The smallest absolute Gasteiger partial charge is 0.220 e. The van der Waals surface area contributed by atoms with Crippen molar-refractivity contribution in [2.24, 2.45) is 11.3 Å². The van der Waals surface area contributed by atoms with Gasteiger partial charge in [-0.2, -0.15) is 0 Å². The van der Waals surface area contributed by atoms with Gasteiger partial charge in [0.15, 0.2) is 0 Å². The van der Waals surface area contributed by atoms with E-state index in [2.05, 4.69) is 31.4 Å². The van der Waals surface area contributed by atoms with E-state index in [4.69, 9.17) is 0 Å². The van der Waals surface area contributed by atoms with Crippen molar-refractivity contribution < 1.29 is 4.79 Å². The molecule has 4 heteroatoms. The summed E-state index contributed by atoms with van der Waals surface area (Å²) < 4.78 is 0. The average Bonchev–Trinajstić information content (AvgIpc) is 2.62. The summed E-state index contributed by atoms with van der Waals surface area (Å²) in [4.78, 5) is 11.5. The maximum Gasteiger partial charge on any atom is 0.220 e. The van der Waals surface area contributed by atoms with Gasteiger partial charge in [0.25, 0.3) is 0 Å². The molecule has 0 aromatic rings. The first-order valence-electron chi connectivity index (χ1n) is 5.95. The number of carbonyl (C=O) groups excluding carboxylic acids is 1. The third-order valence-corrected chi connectivity index (χ3v) is 2.85. The first-order chi connectivity index (χ1) is 6.97. The maximum atomic E-state index is 11.5. The minimum atomic E-state index is 0. The molecule has 1 aliphatic rings. The van der Waals surface area contributed by atoms with Crippen LogP contribution in [0.25, 0.3) is 0 Å². The number of hydrogen-bond acceptors (Lipinski definition) is 2. The van der Waals surface area contributed by atoms with Crippen LogP contribution >= 0.6 is 12.4 Å². The molecule has 0 radical (unpaired) electrons. The Balaban J connectivity index is 0.00000225. The number of rotatable bonds is 4. The third kappa shape index (κ3) is 7.07. The van der Waals surface area contributed by atoms with Gasteiger partial charge in [-0.05, 0) is 37.3 Å². The van der Waals surface area contributed by atoms with E-state index in [9.17, 15) is 4.79 Å². The van der Waals surface area contributed by atoms with Crippen molar-refractivity contribution in [3.63, 3.8) is 0 Å². The molecule has 1 amide bonds. The lowest BCUT2D eigenvalue weighted by molar-refractivity contribution is -0.121. The van der Waals surface area contributed by atoms with Gasteiger partial charge >= 0.3 is 0 Å². The minimum absolute atomic E-state index is 0. The molecule has 0 saturated carbocycles. The second kappa shape index (κ2) is 7.13. The number of halogens is 1. The van der Waals surface area contributed by atoms with Gasteiger partial charge in [-0.1, -0.05) is 20.8 Å². The predicted octanol–water partition coefficient (Wildman–Crippen LogP) is 1.96. The average molecular weight is 249 g/mol. The fourth-order valence-electron chi connectivity index (χ4n) is 1.72. The van der Waals surface area contributed by atoms with Crippen molar-refractivity contribution in [1.29, 1.82) is 0 Å². The molecule has 0 spiro atoms. The fraction of sp³-hybridized carbons (Fsp3) is 0.917. The van der Waals surface area contributed by atoms with Gasteiger partial charge in [0.2, 0.25) is 5.91 Å². The Hall–Kier alpha value is -0.280. The first kappa shape index (κ1) is 15.7. The van der Waals surface area contributed by atoms with Gasteiger partial charge in [0, 0.05) is 13.0 Å². The Morgan fingerprint density at radius 3 is 2.62 bits per heavy atom. The molecule has 0 aromatic heterocycles. The molecule has 1 atom stereocenters. The van der Waals surface area contributed by atoms with Crippen LogP contribution in [-0.2, 0) is 4.79 Å². The van der Waals surface area contributed by atoms with Gasteiger partial charge in [-0.3, -0.25) is 4.79 Å². The second-order valence-corrected chi connectivity index (χ2v) is 5.72. The zero-order chi connectivity index (χ0) is 11.3. The van der Waals surface area contributed by atoms with Crippen LogP contribution in [0.4, 0.5) is 0 Å². The van der Waals surface area contributed by atoms with E-state index in [0.717, 1.165) is 26.1 Å². The molecule has 1 unspecified atom stereocenters. The van der Waals surface area contributed by atoms with Crippen LogP contribution in [0.5, 0.6) is 0 Å². The highest BCUT2D eigenvalue weighted by atomic mass is 35.5. The van der Waals surface area contributed by atoms with E-state index >= 15 is 0 Å². The van der Waals surface area contributed by atoms with Gasteiger partial charge in [0.1, 0.15) is 0 Å². The normalized spacial score (nSPS) is 20.3. The van der Waals surface area contributed by atoms with E-state index in [1.165, 1.54) is 6.42 Å². The second-order valence-electron chi connectivity index (χ2n) is 5.72. The molecule has 0 aliphatic carbocycles. The Morgan fingerprint density at radius 2 is 2.12 bits per heavy atom. The molecule has 0 bridgehead atoms. The monoisotopic (exact) mass is 248 g/mol. The SMILES string of the molecule is CC(C)(C)CCC(=O)NCC1CCNC1.Cl. The molecule has 0 aromatic carbocycles. The third-order valence-electron chi connectivity index (χ3n) is 2.85. The van der Waals surface area contributed by atoms with Crippen molar-refractivity contribution in [2.75, 3.05) is 19.6 Å². The molecule has 3 nitrogen and oxygen atoms in total. The van der Waals surface area contributed by atoms with Crippen molar-refractivity contribution >= 4 is 18.3 Å². The largest absolute Gasteiger partial charge is 0.356 e. The molecular formula is C12H25ClN2O. The fourth-order valence-corrected chi connectivity index (χ4v) is 1.72. The molecule has 2 N–H and O–H groups in total. The molecule has 96 valence electrons. The van der Waals surface area contributed by atoms with Crippen molar-refractivity contribution in [1.82, 2.24) is 10.6 Å². The molecular weight excluding hydrogens is 224 g/mol. The first-order valence-corrected chi connectivity index (χ1v) is 5.95. The summed E-state index contributed by atoms with van der Waals surface area (Å²) in [5.41, 5.74) is 0.256. The summed E-state index contributed by atoms with van der Waals surface area (Å²) in [6.07, 6.45) is 2.81. The van der Waals surface area contributed by atoms with Crippen molar-refractivity contribution in [3.8, 4) is 0 Å². The maximum absolute atomic E-state index is 11.5. The lowest BCUT2D eigenvalue weighted by atomic mass is 9.90. The quantitative estimate of drug-likeness (QED) is 0.799. The highest BCUT2D eigenvalue weighted by Gasteiger charge is 2.16. The highest BCUT2D eigenvalue weighted by Crippen LogP contribution is 2.20. The van der Waals surface area contributed by atoms with Crippen molar-refractivity contribution in [2.45, 2.75) is 40.0 Å². The molecule has 1 heterocycles. The van der Waals surface area contributed by atoms with Gasteiger partial charge in [0.05, 0.1) is 0 Å². The summed E-state index contributed by atoms with van der Waals surface area (Å²) in [5.74, 6) is 0.848. The number of carbonyl (C=O) groups is 1. The van der Waals surface area contributed by atoms with Crippen molar-refractivity contribution in [3.05, 3.63) is 0 Å². The lowest BCUT2D eigenvalue weighted by Gasteiger charge is -2.17. The Labute approximate surface area is 105 Å². The molecule has 1 rings (SSSR count). The van der Waals surface area contributed by atoms with Crippen LogP contribution in [0.1, 0.15) is 40.0 Å². The summed E-state index contributed by atoms with van der Waals surface area (Å²) >= 11 is 0. The molecule has 1 aliphatic heterocycles. The van der Waals surface area contributed by atoms with E-state index in [-0.39, 0.29) is 23.7 Å². The van der Waals surface area contributed by atoms with Crippen LogP contribution in [0.2, 0.25) is 0 Å². The summed E-state index contributed by atoms with van der Waals surface area (Å²) in [7, 11) is 0. The Morgan fingerprint density at radius 1 is 1.44 bits per heavy atom. The van der Waals surface area contributed by atoms with E-state index in [0.29, 0.717) is 12.3 Å². The van der Waals surface area contributed by atoms with E-state index < -0.39 is 0 Å². The minimum Gasteiger partial charge on any atom is -0.356 e. The molecule has 16 heavy (non-hydrogen) atoms. The van der Waals surface area contributed by atoms with Gasteiger partial charge < -0.3 is 10.6 Å². The van der Waals surface area contributed by atoms with Crippen LogP contribution in [-0.4, -0.2) is 25.5 Å². The van der Waals surface area contributed by atoms with Crippen LogP contribution in [0.3, 0.4) is 0 Å². The summed E-state index contributed by atoms with van der Waals surface area (Å²) in [6, 6.07) is 0. The Bertz CT molecular complexity index is 208. The van der Waals surface area contributed by atoms with E-state index in [1.54, 1.807) is 0 Å². The van der Waals surface area contributed by atoms with Crippen LogP contribution < -0.4 is 10.6 Å². The molecule has 1 saturated heterocycles. The van der Waals surface area contributed by atoms with Crippen LogP contribution in [0.15, 0.2) is 0 Å². The van der Waals surface area contributed by atoms with E-state index in [1.807, 2.05) is 0 Å². The van der Waals surface area contributed by atoms with Crippen LogP contribution in [0, 0.1) is 11.3 Å². The zero-order valence-corrected chi connectivity index (χ0v) is 11.5. The summed E-state index contributed by atoms with van der Waals surface area (Å²) in [5, 5.41) is 6.32. The number of amides is 1.